The summed E-state index contributed by atoms with van der Waals surface area (Å²) in [6.45, 7) is 2.29. The van der Waals surface area contributed by atoms with Gasteiger partial charge < -0.3 is 13.2 Å². The molecule has 30 valence electrons. The zero-order valence-electron chi connectivity index (χ0n) is 3.71. The predicted octanol–water partition coefficient (Wildman–Crippen LogP) is 1.51. The second-order valence-electron chi connectivity index (χ2n) is 0.354. The molecule has 0 aliphatic carbocycles. The minimum Gasteiger partial charge on any atom is -0.678 e. The van der Waals surface area contributed by atoms with Crippen LogP contribution in [0.25, 0.3) is 5.73 Å². The third kappa shape index (κ3) is 55.1. The van der Waals surface area contributed by atoms with Crippen LogP contribution in [-0.4, -0.2) is 6.54 Å². The van der Waals surface area contributed by atoms with Gasteiger partial charge in [0, 0.05) is 0 Å². The van der Waals surface area contributed by atoms with E-state index in [1.165, 1.54) is 0 Å². The molecule has 1 N–H and O–H groups in total. The molecule has 0 heterocycles. The summed E-state index contributed by atoms with van der Waals surface area (Å²) in [7, 11) is 0. The maximum Gasteiger partial charge on any atom is 2.00 e. The monoisotopic (exact) mass is 149 g/mol. The summed E-state index contributed by atoms with van der Waals surface area (Å²) < 4.78 is 0. The van der Waals surface area contributed by atoms with Crippen LogP contribution < -0.4 is 0 Å². The fourth-order valence-corrected chi connectivity index (χ4v) is 0. The predicted molar refractivity (Wildman–Crippen MR) is 21.3 cm³/mol. The molecule has 0 aliphatic rings. The minimum atomic E-state index is 0. The van der Waals surface area contributed by atoms with Gasteiger partial charge in [-0.05, 0) is 0 Å². The van der Waals surface area contributed by atoms with Gasteiger partial charge in [0.1, 0.15) is 0 Å². The molecule has 5 heavy (non-hydrogen) atoms. The summed E-state index contributed by atoms with van der Waals surface area (Å²) in [5, 5.41) is 0. The Morgan fingerprint density at radius 2 is 1.60 bits per heavy atom. The molecule has 0 bridgehead atoms. The van der Waals surface area contributed by atoms with Gasteiger partial charge in [-0.15, -0.1) is 0 Å². The van der Waals surface area contributed by atoms with Crippen molar-refractivity contribution in [3.8, 4) is 0 Å². The molecule has 0 radical (unpaired) electrons. The number of nitrogens with one attached hydrogen (secondary N) is 1. The molecule has 0 unspecified atom stereocenters. The fraction of sp³-hybridized carbons (Fsp3) is 0.667. The number of rotatable bonds is 0. The summed E-state index contributed by atoms with van der Waals surface area (Å²) in [5.41, 5.74) is 6.21. The Balaban J connectivity index is -0.0000000200. The molecule has 0 fully saturated rings. The topological polar surface area (TPSA) is 23.8 Å². The Hall–Kier alpha value is 0.843. The van der Waals surface area contributed by atoms with Crippen LogP contribution in [0.2, 0.25) is 0 Å². The van der Waals surface area contributed by atoms with Crippen molar-refractivity contribution in [2.75, 3.05) is 6.54 Å². The van der Waals surface area contributed by atoms with Gasteiger partial charge in [0.25, 0.3) is 0 Å². The number of hydrogen-bond donors (Lipinski definition) is 0. The molecule has 0 amide bonds. The fourth-order valence-electron chi connectivity index (χ4n) is 0. The van der Waals surface area contributed by atoms with E-state index in [9.17, 15) is 0 Å². The molecule has 1 nitrogen and oxygen atoms in total. The molecule has 0 aromatic carbocycles. The average Bonchev–Trinajstić information content (AvgIpc) is 0.918. The molecule has 0 aliphatic heterocycles. The quantitative estimate of drug-likeness (QED) is 0.467. The molecular formula is C3H9NZr. The third-order valence-electron chi connectivity index (χ3n) is 0. The molecule has 0 saturated heterocycles. The van der Waals surface area contributed by atoms with Gasteiger partial charge >= 0.3 is 26.2 Å². The zero-order chi connectivity index (χ0) is 2.71. The first-order valence-corrected chi connectivity index (χ1v) is 1.06. The Bertz CT molecular complexity index is 6.85. The van der Waals surface area contributed by atoms with Crippen molar-refractivity contribution in [1.29, 1.82) is 0 Å². The molecule has 0 spiro atoms. The second-order valence-corrected chi connectivity index (χ2v) is 0.354. The molecule has 0 saturated carbocycles. The Labute approximate surface area is 53.1 Å². The van der Waals surface area contributed by atoms with Gasteiger partial charge in [0.2, 0.25) is 0 Å². The SMILES string of the molecule is CC[NH-].[CH3-].[Zr+2]. The summed E-state index contributed by atoms with van der Waals surface area (Å²) >= 11 is 0. The van der Waals surface area contributed by atoms with E-state index in [0.717, 1.165) is 0 Å². The Kier molecular flexibility index (Phi) is 71.4. The summed E-state index contributed by atoms with van der Waals surface area (Å²) in [4.78, 5) is 0. The van der Waals surface area contributed by atoms with Crippen LogP contribution in [0.5, 0.6) is 0 Å². The minimum absolute atomic E-state index is 0. The number of hydrogen-bond acceptors (Lipinski definition) is 0. The third-order valence-corrected chi connectivity index (χ3v) is 0. The van der Waals surface area contributed by atoms with E-state index in [2.05, 4.69) is 0 Å². The van der Waals surface area contributed by atoms with Crippen molar-refractivity contribution in [2.45, 2.75) is 6.92 Å². The van der Waals surface area contributed by atoms with Gasteiger partial charge in [0.05, 0.1) is 0 Å². The van der Waals surface area contributed by atoms with Crippen LogP contribution in [0.3, 0.4) is 0 Å². The van der Waals surface area contributed by atoms with E-state index >= 15 is 0 Å². The van der Waals surface area contributed by atoms with Crippen LogP contribution in [0.1, 0.15) is 6.92 Å². The zero-order valence-corrected chi connectivity index (χ0v) is 6.17. The molecule has 0 aromatic rings. The first kappa shape index (κ1) is 17.0. The van der Waals surface area contributed by atoms with Gasteiger partial charge in [-0.3, -0.25) is 0 Å². The molecule has 0 aromatic heterocycles. The van der Waals surface area contributed by atoms with E-state index in [4.69, 9.17) is 5.73 Å². The van der Waals surface area contributed by atoms with Crippen molar-refractivity contribution < 1.29 is 26.2 Å². The van der Waals surface area contributed by atoms with Crippen LogP contribution in [0.15, 0.2) is 0 Å². The van der Waals surface area contributed by atoms with Gasteiger partial charge in [0.15, 0.2) is 0 Å². The van der Waals surface area contributed by atoms with Crippen LogP contribution in [0.4, 0.5) is 0 Å². The maximum absolute atomic E-state index is 6.21. The summed E-state index contributed by atoms with van der Waals surface area (Å²) in [5.74, 6) is 0. The standard InChI is InChI=1S/C2H6N.CH3.Zr/c1-2-3;;/h3H,2H2,1H3;1H3;/q2*-1;+2. The van der Waals surface area contributed by atoms with E-state index in [1.54, 1.807) is 6.92 Å². The Morgan fingerprint density at radius 3 is 1.60 bits per heavy atom. The first-order chi connectivity index (χ1) is 1.41. The summed E-state index contributed by atoms with van der Waals surface area (Å²) in [6.07, 6.45) is 0. The van der Waals surface area contributed by atoms with Gasteiger partial charge in [-0.25, -0.2) is 0 Å². The summed E-state index contributed by atoms with van der Waals surface area (Å²) in [6, 6.07) is 0. The smallest absolute Gasteiger partial charge is 0.678 e. The van der Waals surface area contributed by atoms with Crippen LogP contribution in [-0.2, 0) is 26.2 Å². The van der Waals surface area contributed by atoms with Crippen molar-refractivity contribution in [3.63, 3.8) is 0 Å². The van der Waals surface area contributed by atoms with Crippen molar-refractivity contribution >= 4 is 0 Å². The van der Waals surface area contributed by atoms with E-state index < -0.39 is 0 Å². The molecular weight excluding hydrogens is 141 g/mol. The largest absolute Gasteiger partial charge is 2.00 e. The van der Waals surface area contributed by atoms with Crippen molar-refractivity contribution in [2.24, 2.45) is 0 Å². The van der Waals surface area contributed by atoms with Crippen LogP contribution in [0, 0.1) is 7.43 Å². The van der Waals surface area contributed by atoms with Gasteiger partial charge in [-0.1, -0.05) is 6.92 Å². The maximum atomic E-state index is 6.21. The normalized spacial score (nSPS) is 3.60. The van der Waals surface area contributed by atoms with E-state index in [1.807, 2.05) is 0 Å². The molecule has 2 heteroatoms. The van der Waals surface area contributed by atoms with Crippen molar-refractivity contribution in [3.05, 3.63) is 13.2 Å². The molecule has 0 rings (SSSR count). The Morgan fingerprint density at radius 1 is 1.60 bits per heavy atom. The van der Waals surface area contributed by atoms with E-state index in [-0.39, 0.29) is 33.6 Å². The second kappa shape index (κ2) is 21.1. The van der Waals surface area contributed by atoms with Crippen LogP contribution >= 0.6 is 0 Å². The van der Waals surface area contributed by atoms with Crippen molar-refractivity contribution in [1.82, 2.24) is 0 Å². The molecule has 0 atom stereocenters. The van der Waals surface area contributed by atoms with E-state index in [0.29, 0.717) is 6.54 Å². The van der Waals surface area contributed by atoms with Gasteiger partial charge in [-0.2, -0.15) is 6.54 Å². The first-order valence-electron chi connectivity index (χ1n) is 1.06. The average molecular weight is 150 g/mol.